The number of likely N-dealkylation sites (tertiary alicyclic amines) is 1. The van der Waals surface area contributed by atoms with Crippen LogP contribution in [-0.2, 0) is 0 Å². The molecule has 0 bridgehead atoms. The van der Waals surface area contributed by atoms with Gasteiger partial charge in [0.05, 0.1) is 18.8 Å². The second kappa shape index (κ2) is 6.94. The Morgan fingerprint density at radius 2 is 2.10 bits per heavy atom. The van der Waals surface area contributed by atoms with Crippen LogP contribution >= 0.6 is 0 Å². The highest BCUT2D eigenvalue weighted by Gasteiger charge is 2.28. The number of amides is 1. The van der Waals surface area contributed by atoms with E-state index in [1.54, 1.807) is 7.11 Å². The minimum Gasteiger partial charge on any atom is -0.496 e. The number of aryl methyl sites for hydroxylation is 1. The van der Waals surface area contributed by atoms with Gasteiger partial charge in [-0.25, -0.2) is 0 Å². The average Bonchev–Trinajstić information content (AvgIpc) is 2.53. The van der Waals surface area contributed by atoms with Gasteiger partial charge in [-0.05, 0) is 44.2 Å². The van der Waals surface area contributed by atoms with Crippen LogP contribution in [0, 0.1) is 12.8 Å². The van der Waals surface area contributed by atoms with Gasteiger partial charge in [0.15, 0.2) is 0 Å². The summed E-state index contributed by atoms with van der Waals surface area (Å²) in [7, 11) is 1.59. The number of benzene rings is 1. The van der Waals surface area contributed by atoms with Gasteiger partial charge in [0.25, 0.3) is 5.91 Å². The molecule has 1 aromatic rings. The Morgan fingerprint density at radius 3 is 2.67 bits per heavy atom. The van der Waals surface area contributed by atoms with Gasteiger partial charge >= 0.3 is 0 Å². The van der Waals surface area contributed by atoms with E-state index in [2.05, 4.69) is 0 Å². The SMILES string of the molecule is CCC(O)C1CCN(C(=O)c2cc(C)ccc2OC)CC1. The molecule has 0 radical (unpaired) electrons. The molecule has 0 aliphatic carbocycles. The fraction of sp³-hybridized carbons (Fsp3) is 0.588. The smallest absolute Gasteiger partial charge is 0.257 e. The molecule has 0 aromatic heterocycles. The Hall–Kier alpha value is -1.55. The van der Waals surface area contributed by atoms with Crippen LogP contribution in [0.1, 0.15) is 42.1 Å². The zero-order chi connectivity index (χ0) is 15.4. The topological polar surface area (TPSA) is 49.8 Å². The highest BCUT2D eigenvalue weighted by Crippen LogP contribution is 2.26. The van der Waals surface area contributed by atoms with Crippen LogP contribution in [0.5, 0.6) is 5.75 Å². The van der Waals surface area contributed by atoms with E-state index in [1.807, 2.05) is 36.9 Å². The van der Waals surface area contributed by atoms with E-state index in [4.69, 9.17) is 4.74 Å². The van der Waals surface area contributed by atoms with Crippen molar-refractivity contribution in [1.82, 2.24) is 4.90 Å². The standard InChI is InChI=1S/C17H25NO3/c1-4-15(19)13-7-9-18(10-8-13)17(20)14-11-12(2)5-6-16(14)21-3/h5-6,11,13,15,19H,4,7-10H2,1-3H3. The predicted octanol–water partition coefficient (Wildman–Crippen LogP) is 2.63. The Balaban J connectivity index is 2.07. The van der Waals surface area contributed by atoms with Crippen LogP contribution in [0.15, 0.2) is 18.2 Å². The summed E-state index contributed by atoms with van der Waals surface area (Å²) in [5.41, 5.74) is 1.68. The first-order valence-electron chi connectivity index (χ1n) is 7.68. The normalized spacial score (nSPS) is 17.6. The number of carbonyl (C=O) groups excluding carboxylic acids is 1. The average molecular weight is 291 g/mol. The number of aliphatic hydroxyl groups excluding tert-OH is 1. The molecule has 0 spiro atoms. The van der Waals surface area contributed by atoms with Crippen molar-refractivity contribution in [3.05, 3.63) is 29.3 Å². The van der Waals surface area contributed by atoms with Gasteiger partial charge < -0.3 is 14.7 Å². The first kappa shape index (κ1) is 15.8. The molecule has 1 aliphatic rings. The van der Waals surface area contributed by atoms with Crippen molar-refractivity contribution in [3.8, 4) is 5.75 Å². The molecule has 1 aromatic carbocycles. The Bertz CT molecular complexity index is 493. The Morgan fingerprint density at radius 1 is 1.43 bits per heavy atom. The van der Waals surface area contributed by atoms with Gasteiger partial charge in [-0.2, -0.15) is 0 Å². The first-order chi connectivity index (χ1) is 10.1. The molecule has 4 nitrogen and oxygen atoms in total. The maximum atomic E-state index is 12.7. The molecule has 1 atom stereocenters. The van der Waals surface area contributed by atoms with Gasteiger partial charge in [-0.1, -0.05) is 18.6 Å². The lowest BCUT2D eigenvalue weighted by molar-refractivity contribution is 0.0452. The van der Waals surface area contributed by atoms with Crippen LogP contribution < -0.4 is 4.74 Å². The molecule has 116 valence electrons. The maximum absolute atomic E-state index is 12.7. The lowest BCUT2D eigenvalue weighted by Crippen LogP contribution is -2.41. The summed E-state index contributed by atoms with van der Waals surface area (Å²) in [5, 5.41) is 9.92. The quantitative estimate of drug-likeness (QED) is 0.927. The third-order valence-corrected chi connectivity index (χ3v) is 4.37. The summed E-state index contributed by atoms with van der Waals surface area (Å²) in [6.07, 6.45) is 2.28. The van der Waals surface area contributed by atoms with Gasteiger partial charge in [-0.15, -0.1) is 0 Å². The molecule has 21 heavy (non-hydrogen) atoms. The number of piperidine rings is 1. The third kappa shape index (κ3) is 3.56. The Labute approximate surface area is 126 Å². The summed E-state index contributed by atoms with van der Waals surface area (Å²) >= 11 is 0. The lowest BCUT2D eigenvalue weighted by Gasteiger charge is -2.34. The summed E-state index contributed by atoms with van der Waals surface area (Å²) < 4.78 is 5.30. The monoisotopic (exact) mass is 291 g/mol. The molecule has 1 fully saturated rings. The number of hydrogen-bond acceptors (Lipinski definition) is 3. The molecule has 4 heteroatoms. The van der Waals surface area contributed by atoms with E-state index in [9.17, 15) is 9.90 Å². The van der Waals surface area contributed by atoms with Gasteiger partial charge in [0.2, 0.25) is 0 Å². The molecular weight excluding hydrogens is 266 g/mol. The second-order valence-electron chi connectivity index (χ2n) is 5.81. The summed E-state index contributed by atoms with van der Waals surface area (Å²) in [6.45, 7) is 5.38. The van der Waals surface area contributed by atoms with Gasteiger partial charge in [0, 0.05) is 13.1 Å². The van der Waals surface area contributed by atoms with Crippen molar-refractivity contribution in [1.29, 1.82) is 0 Å². The molecule has 2 rings (SSSR count). The van der Waals surface area contributed by atoms with E-state index in [0.717, 1.165) is 24.8 Å². The number of aliphatic hydroxyl groups is 1. The molecule has 1 N–H and O–H groups in total. The lowest BCUT2D eigenvalue weighted by atomic mass is 9.89. The first-order valence-corrected chi connectivity index (χ1v) is 7.68. The minimum atomic E-state index is -0.240. The van der Waals surface area contributed by atoms with E-state index < -0.39 is 0 Å². The minimum absolute atomic E-state index is 0.0278. The number of carbonyl (C=O) groups is 1. The van der Waals surface area contributed by atoms with E-state index >= 15 is 0 Å². The Kier molecular flexibility index (Phi) is 5.23. The van der Waals surface area contributed by atoms with Crippen LogP contribution in [0.2, 0.25) is 0 Å². The van der Waals surface area contributed by atoms with Crippen molar-refractivity contribution in [2.75, 3.05) is 20.2 Å². The van der Waals surface area contributed by atoms with Crippen molar-refractivity contribution < 1.29 is 14.6 Å². The van der Waals surface area contributed by atoms with E-state index in [0.29, 0.717) is 30.3 Å². The van der Waals surface area contributed by atoms with Crippen molar-refractivity contribution >= 4 is 5.91 Å². The summed E-state index contributed by atoms with van der Waals surface area (Å²) in [6, 6.07) is 5.67. The fourth-order valence-electron chi connectivity index (χ4n) is 2.98. The number of hydrogen-bond donors (Lipinski definition) is 1. The second-order valence-corrected chi connectivity index (χ2v) is 5.81. The zero-order valence-electron chi connectivity index (χ0n) is 13.1. The van der Waals surface area contributed by atoms with Gasteiger partial charge in [0.1, 0.15) is 5.75 Å². The number of ether oxygens (including phenoxy) is 1. The maximum Gasteiger partial charge on any atom is 0.257 e. The predicted molar refractivity (Wildman–Crippen MR) is 82.7 cm³/mol. The van der Waals surface area contributed by atoms with Crippen LogP contribution in [-0.4, -0.2) is 42.2 Å². The van der Waals surface area contributed by atoms with Crippen LogP contribution in [0.4, 0.5) is 0 Å². The summed E-state index contributed by atoms with van der Waals surface area (Å²) in [4.78, 5) is 14.5. The largest absolute Gasteiger partial charge is 0.496 e. The van der Waals surface area contributed by atoms with Crippen molar-refractivity contribution in [2.45, 2.75) is 39.2 Å². The number of nitrogens with zero attached hydrogens (tertiary/aromatic N) is 1. The third-order valence-electron chi connectivity index (χ3n) is 4.37. The number of rotatable bonds is 4. The molecule has 1 heterocycles. The molecule has 1 unspecified atom stereocenters. The van der Waals surface area contributed by atoms with Crippen LogP contribution in [0.3, 0.4) is 0 Å². The van der Waals surface area contributed by atoms with Crippen molar-refractivity contribution in [3.63, 3.8) is 0 Å². The van der Waals surface area contributed by atoms with Crippen molar-refractivity contribution in [2.24, 2.45) is 5.92 Å². The molecule has 1 saturated heterocycles. The molecule has 1 aliphatic heterocycles. The van der Waals surface area contributed by atoms with Crippen LogP contribution in [0.25, 0.3) is 0 Å². The zero-order valence-corrected chi connectivity index (χ0v) is 13.1. The van der Waals surface area contributed by atoms with E-state index in [1.165, 1.54) is 0 Å². The molecule has 1 amide bonds. The molecular formula is C17H25NO3. The van der Waals surface area contributed by atoms with E-state index in [-0.39, 0.29) is 12.0 Å². The molecule has 0 saturated carbocycles. The van der Waals surface area contributed by atoms with Gasteiger partial charge in [-0.3, -0.25) is 4.79 Å². The fourth-order valence-corrected chi connectivity index (χ4v) is 2.98. The highest BCUT2D eigenvalue weighted by atomic mass is 16.5. The highest BCUT2D eigenvalue weighted by molar-refractivity contribution is 5.97. The number of methoxy groups -OCH3 is 1. The summed E-state index contributed by atoms with van der Waals surface area (Å²) in [5.74, 6) is 0.972.